The molecule has 0 saturated heterocycles. The number of benzene rings is 2. The van der Waals surface area contributed by atoms with Crippen LogP contribution in [-0.2, 0) is 17.8 Å². The number of ether oxygens (including phenoxy) is 1. The molecular weight excluding hydrogens is 444 g/mol. The summed E-state index contributed by atoms with van der Waals surface area (Å²) in [6.45, 7) is 8.88. The fourth-order valence-corrected chi connectivity index (χ4v) is 3.78. The summed E-state index contributed by atoms with van der Waals surface area (Å²) in [5.41, 5.74) is 9.27. The highest BCUT2D eigenvalue weighted by atomic mass is 16.5. The fourth-order valence-electron chi connectivity index (χ4n) is 3.78. The summed E-state index contributed by atoms with van der Waals surface area (Å²) in [5.74, 6) is 1.00. The van der Waals surface area contributed by atoms with E-state index in [1.54, 1.807) is 25.9 Å². The average Bonchev–Trinajstić information content (AvgIpc) is 3.17. The van der Waals surface area contributed by atoms with E-state index in [1.807, 2.05) is 62.4 Å². The Hall–Kier alpha value is -3.65. The van der Waals surface area contributed by atoms with Crippen LogP contribution in [0.5, 0.6) is 5.75 Å². The first-order valence-electron chi connectivity index (χ1n) is 11.6. The molecule has 8 nitrogen and oxygen atoms in total. The van der Waals surface area contributed by atoms with Crippen LogP contribution in [0.1, 0.15) is 46.8 Å². The van der Waals surface area contributed by atoms with Gasteiger partial charge in [0, 0.05) is 18.8 Å². The van der Waals surface area contributed by atoms with Crippen LogP contribution in [0.25, 0.3) is 0 Å². The SMILES string of the molecule is COc1ccc(CC(=O)Nc2ccc(CN(CC(C)(C)CN)C(=O)c3c(C)noc3C)cc2)cc1. The van der Waals surface area contributed by atoms with E-state index in [0.717, 1.165) is 16.9 Å². The van der Waals surface area contributed by atoms with Crippen LogP contribution in [-0.4, -0.2) is 42.1 Å². The van der Waals surface area contributed by atoms with Crippen LogP contribution in [0.3, 0.4) is 0 Å². The summed E-state index contributed by atoms with van der Waals surface area (Å²) in [6, 6.07) is 14.9. The fraction of sp³-hybridized carbons (Fsp3) is 0.370. The molecule has 3 N–H and O–H groups in total. The van der Waals surface area contributed by atoms with Crippen LogP contribution in [0, 0.1) is 19.3 Å². The summed E-state index contributed by atoms with van der Waals surface area (Å²) >= 11 is 0. The van der Waals surface area contributed by atoms with Crippen LogP contribution in [0.4, 0.5) is 5.69 Å². The van der Waals surface area contributed by atoms with Gasteiger partial charge in [-0.15, -0.1) is 0 Å². The lowest BCUT2D eigenvalue weighted by Crippen LogP contribution is -2.42. The summed E-state index contributed by atoms with van der Waals surface area (Å²) in [6.07, 6.45) is 0.264. The first kappa shape index (κ1) is 26.0. The molecule has 0 aliphatic heterocycles. The van der Waals surface area contributed by atoms with Crippen molar-refractivity contribution in [2.24, 2.45) is 11.1 Å². The standard InChI is InChI=1S/C27H34N4O4/c1-18-25(19(2)35-30-18)26(33)31(17-27(3,4)16-28)15-21-6-10-22(11-7-21)29-24(32)14-20-8-12-23(34-5)13-9-20/h6-13H,14-17,28H2,1-5H3,(H,29,32). The Balaban J connectivity index is 1.69. The van der Waals surface area contributed by atoms with Crippen molar-refractivity contribution in [3.05, 3.63) is 76.7 Å². The van der Waals surface area contributed by atoms with E-state index < -0.39 is 0 Å². The molecule has 8 heteroatoms. The average molecular weight is 479 g/mol. The van der Waals surface area contributed by atoms with Gasteiger partial charge in [0.25, 0.3) is 5.91 Å². The number of hydrogen-bond acceptors (Lipinski definition) is 6. The van der Waals surface area contributed by atoms with E-state index in [4.69, 9.17) is 15.0 Å². The van der Waals surface area contributed by atoms with Gasteiger partial charge in [-0.25, -0.2) is 0 Å². The molecule has 0 aliphatic rings. The molecular formula is C27H34N4O4. The third-order valence-electron chi connectivity index (χ3n) is 5.84. The summed E-state index contributed by atoms with van der Waals surface area (Å²) in [7, 11) is 1.61. The Kier molecular flexibility index (Phi) is 8.30. The van der Waals surface area contributed by atoms with Crippen LogP contribution in [0.15, 0.2) is 53.1 Å². The number of nitrogens with one attached hydrogen (secondary N) is 1. The van der Waals surface area contributed by atoms with Crippen molar-refractivity contribution in [1.29, 1.82) is 0 Å². The van der Waals surface area contributed by atoms with Gasteiger partial charge in [-0.1, -0.05) is 43.3 Å². The number of hydrogen-bond donors (Lipinski definition) is 2. The minimum atomic E-state index is -0.260. The van der Waals surface area contributed by atoms with Crippen molar-refractivity contribution < 1.29 is 18.8 Å². The maximum Gasteiger partial charge on any atom is 0.259 e. The minimum absolute atomic E-state index is 0.108. The highest BCUT2D eigenvalue weighted by Crippen LogP contribution is 2.23. The summed E-state index contributed by atoms with van der Waals surface area (Å²) in [4.78, 5) is 27.6. The van der Waals surface area contributed by atoms with Gasteiger partial charge in [0.15, 0.2) is 0 Å². The van der Waals surface area contributed by atoms with Crippen LogP contribution >= 0.6 is 0 Å². The molecule has 2 amide bonds. The molecule has 0 unspecified atom stereocenters. The Bertz CT molecular complexity index is 1130. The number of aryl methyl sites for hydroxylation is 2. The van der Waals surface area contributed by atoms with Crippen molar-refractivity contribution in [2.75, 3.05) is 25.5 Å². The van der Waals surface area contributed by atoms with Crippen molar-refractivity contribution in [2.45, 2.75) is 40.7 Å². The minimum Gasteiger partial charge on any atom is -0.497 e. The normalized spacial score (nSPS) is 11.3. The Morgan fingerprint density at radius 1 is 1.06 bits per heavy atom. The topological polar surface area (TPSA) is 111 Å². The van der Waals surface area contributed by atoms with Crippen molar-refractivity contribution in [1.82, 2.24) is 10.1 Å². The number of carbonyl (C=O) groups excluding carboxylic acids is 2. The number of anilines is 1. The molecule has 0 spiro atoms. The van der Waals surface area contributed by atoms with Crippen LogP contribution < -0.4 is 15.8 Å². The lowest BCUT2D eigenvalue weighted by molar-refractivity contribution is -0.115. The smallest absolute Gasteiger partial charge is 0.259 e. The van der Waals surface area contributed by atoms with Gasteiger partial charge >= 0.3 is 0 Å². The van der Waals surface area contributed by atoms with E-state index in [-0.39, 0.29) is 23.7 Å². The molecule has 1 aromatic heterocycles. The molecule has 186 valence electrons. The first-order chi connectivity index (χ1) is 16.6. The highest BCUT2D eigenvalue weighted by Gasteiger charge is 2.28. The van der Waals surface area contributed by atoms with Crippen molar-refractivity contribution in [3.63, 3.8) is 0 Å². The lowest BCUT2D eigenvalue weighted by Gasteiger charge is -2.32. The molecule has 0 bridgehead atoms. The molecule has 0 saturated carbocycles. The van der Waals surface area contributed by atoms with Gasteiger partial charge in [0.2, 0.25) is 5.91 Å². The number of rotatable bonds is 10. The van der Waals surface area contributed by atoms with Gasteiger partial charge in [-0.05, 0) is 61.2 Å². The molecule has 1 heterocycles. The number of carbonyl (C=O) groups is 2. The molecule has 0 radical (unpaired) electrons. The monoisotopic (exact) mass is 478 g/mol. The molecule has 0 atom stereocenters. The quantitative estimate of drug-likeness (QED) is 0.454. The van der Waals surface area contributed by atoms with Gasteiger partial charge in [0.05, 0.1) is 19.2 Å². The Labute approximate surface area is 206 Å². The van der Waals surface area contributed by atoms with E-state index in [0.29, 0.717) is 42.3 Å². The van der Waals surface area contributed by atoms with E-state index in [2.05, 4.69) is 10.5 Å². The lowest BCUT2D eigenvalue weighted by atomic mass is 9.92. The number of aromatic nitrogens is 1. The van der Waals surface area contributed by atoms with E-state index >= 15 is 0 Å². The molecule has 3 rings (SSSR count). The number of amides is 2. The number of methoxy groups -OCH3 is 1. The van der Waals surface area contributed by atoms with E-state index in [9.17, 15) is 9.59 Å². The van der Waals surface area contributed by atoms with E-state index in [1.165, 1.54) is 0 Å². The predicted molar refractivity (Wildman–Crippen MR) is 135 cm³/mol. The van der Waals surface area contributed by atoms with Gasteiger partial charge in [0.1, 0.15) is 17.1 Å². The molecule has 2 aromatic carbocycles. The molecule has 3 aromatic rings. The summed E-state index contributed by atoms with van der Waals surface area (Å²) in [5, 5.41) is 6.85. The molecule has 35 heavy (non-hydrogen) atoms. The predicted octanol–water partition coefficient (Wildman–Crippen LogP) is 4.11. The Morgan fingerprint density at radius 2 is 1.69 bits per heavy atom. The largest absolute Gasteiger partial charge is 0.497 e. The maximum atomic E-state index is 13.4. The van der Waals surface area contributed by atoms with Crippen molar-refractivity contribution in [3.8, 4) is 5.75 Å². The number of nitrogens with two attached hydrogens (primary N) is 1. The molecule has 0 aliphatic carbocycles. The van der Waals surface area contributed by atoms with Gasteiger partial charge in [-0.3, -0.25) is 9.59 Å². The third kappa shape index (κ3) is 6.93. The van der Waals surface area contributed by atoms with Crippen LogP contribution in [0.2, 0.25) is 0 Å². The third-order valence-corrected chi connectivity index (χ3v) is 5.84. The zero-order valence-corrected chi connectivity index (χ0v) is 21.1. The van der Waals surface area contributed by atoms with Gasteiger partial charge in [-0.2, -0.15) is 0 Å². The zero-order chi connectivity index (χ0) is 25.6. The first-order valence-corrected chi connectivity index (χ1v) is 11.6. The second kappa shape index (κ2) is 11.2. The zero-order valence-electron chi connectivity index (χ0n) is 21.1. The Morgan fingerprint density at radius 3 is 2.23 bits per heavy atom. The number of nitrogens with zero attached hydrogens (tertiary/aromatic N) is 2. The summed E-state index contributed by atoms with van der Waals surface area (Å²) < 4.78 is 10.4. The second-order valence-corrected chi connectivity index (χ2v) is 9.50. The second-order valence-electron chi connectivity index (χ2n) is 9.50. The highest BCUT2D eigenvalue weighted by molar-refractivity contribution is 5.96. The van der Waals surface area contributed by atoms with Crippen molar-refractivity contribution >= 4 is 17.5 Å². The maximum absolute atomic E-state index is 13.4. The van der Waals surface area contributed by atoms with Gasteiger partial charge < -0.3 is 25.2 Å². The molecule has 0 fully saturated rings.